The molecule has 1 aromatic rings. The lowest BCUT2D eigenvalue weighted by Gasteiger charge is -2.27. The minimum Gasteiger partial charge on any atom is -0.374 e. The van der Waals surface area contributed by atoms with Gasteiger partial charge < -0.3 is 10.2 Å². The van der Waals surface area contributed by atoms with Crippen molar-refractivity contribution in [2.45, 2.75) is 19.4 Å². The number of benzene rings is 1. The highest BCUT2D eigenvalue weighted by Crippen LogP contribution is 2.26. The van der Waals surface area contributed by atoms with Crippen LogP contribution in [0.5, 0.6) is 0 Å². The number of hydrogen-bond acceptors (Lipinski definition) is 2. The number of hydrogen-bond donors (Lipinski definition) is 1. The molecule has 0 spiro atoms. The van der Waals surface area contributed by atoms with Gasteiger partial charge in [0.1, 0.15) is 0 Å². The second-order valence-corrected chi connectivity index (χ2v) is 4.41. The fraction of sp³-hybridized carbons (Fsp3) is 0.429. The zero-order valence-corrected chi connectivity index (χ0v) is 10.00. The Hall–Kier alpha value is -1.28. The predicted molar refractivity (Wildman–Crippen MR) is 69.9 cm³/mol. The van der Waals surface area contributed by atoms with Gasteiger partial charge >= 0.3 is 0 Å². The van der Waals surface area contributed by atoms with E-state index in [1.165, 1.54) is 36.2 Å². The highest BCUT2D eigenvalue weighted by atomic mass is 15.1. The summed E-state index contributed by atoms with van der Waals surface area (Å²) in [5.41, 5.74) is 4.27. The average Bonchev–Trinajstić information content (AvgIpc) is 2.30. The van der Waals surface area contributed by atoms with E-state index in [0.717, 1.165) is 13.1 Å². The van der Waals surface area contributed by atoms with E-state index in [4.69, 9.17) is 0 Å². The van der Waals surface area contributed by atoms with Crippen LogP contribution >= 0.6 is 0 Å². The Kier molecular flexibility index (Phi) is 3.62. The van der Waals surface area contributed by atoms with Crippen molar-refractivity contribution in [2.24, 2.45) is 0 Å². The highest BCUT2D eigenvalue weighted by molar-refractivity contribution is 5.56. The molecular formula is C14H20N2. The summed E-state index contributed by atoms with van der Waals surface area (Å²) in [6, 6.07) is 6.80. The number of aryl methyl sites for hydroxylation is 1. The Labute approximate surface area is 98.0 Å². The molecule has 0 saturated carbocycles. The molecule has 1 aliphatic heterocycles. The van der Waals surface area contributed by atoms with E-state index < -0.39 is 0 Å². The van der Waals surface area contributed by atoms with E-state index in [1.807, 2.05) is 6.08 Å². The van der Waals surface area contributed by atoms with Gasteiger partial charge in [-0.05, 0) is 30.0 Å². The largest absolute Gasteiger partial charge is 0.374 e. The lowest BCUT2D eigenvalue weighted by molar-refractivity contribution is 0.732. The van der Waals surface area contributed by atoms with E-state index in [9.17, 15) is 0 Å². The van der Waals surface area contributed by atoms with Crippen LogP contribution in [0.25, 0.3) is 0 Å². The van der Waals surface area contributed by atoms with Crippen LogP contribution in [0.15, 0.2) is 30.9 Å². The second-order valence-electron chi connectivity index (χ2n) is 4.41. The van der Waals surface area contributed by atoms with Gasteiger partial charge in [0.2, 0.25) is 0 Å². The third-order valence-electron chi connectivity index (χ3n) is 3.11. The molecule has 0 bridgehead atoms. The summed E-state index contributed by atoms with van der Waals surface area (Å²) in [4.78, 5) is 2.35. The summed E-state index contributed by atoms with van der Waals surface area (Å²) in [6.07, 6.45) is 4.38. The molecule has 0 saturated heterocycles. The highest BCUT2D eigenvalue weighted by Gasteiger charge is 2.13. The Morgan fingerprint density at radius 2 is 2.38 bits per heavy atom. The van der Waals surface area contributed by atoms with Gasteiger partial charge in [-0.1, -0.05) is 18.2 Å². The average molecular weight is 216 g/mol. The van der Waals surface area contributed by atoms with Crippen LogP contribution in [0, 0.1) is 0 Å². The molecule has 2 nitrogen and oxygen atoms in total. The number of anilines is 1. The maximum absolute atomic E-state index is 3.70. The molecule has 1 heterocycles. The van der Waals surface area contributed by atoms with Crippen molar-refractivity contribution in [1.29, 1.82) is 0 Å². The minimum atomic E-state index is 0.872. The summed E-state index contributed by atoms with van der Waals surface area (Å²) in [5, 5.41) is 3.34. The first kappa shape index (κ1) is 11.2. The van der Waals surface area contributed by atoms with Crippen LogP contribution in [0.3, 0.4) is 0 Å². The summed E-state index contributed by atoms with van der Waals surface area (Å²) in [7, 11) is 2.17. The minimum absolute atomic E-state index is 0.872. The molecule has 2 heteroatoms. The number of fused-ring (bicyclic) bond motifs is 1. The maximum Gasteiger partial charge on any atom is 0.0396 e. The summed E-state index contributed by atoms with van der Waals surface area (Å²) in [6.45, 7) is 6.69. The summed E-state index contributed by atoms with van der Waals surface area (Å²) >= 11 is 0. The standard InChI is InChI=1S/C14H20N2/c1-3-8-15-11-12-6-7-14-13(10-12)5-4-9-16(14)2/h3,6-7,10,15H,1,4-5,8-9,11H2,2H3. The zero-order chi connectivity index (χ0) is 11.4. The molecule has 2 rings (SSSR count). The molecule has 86 valence electrons. The van der Waals surface area contributed by atoms with Gasteiger partial charge in [0.25, 0.3) is 0 Å². The van der Waals surface area contributed by atoms with Gasteiger partial charge in [0.05, 0.1) is 0 Å². The monoisotopic (exact) mass is 216 g/mol. The lowest BCUT2D eigenvalue weighted by Crippen LogP contribution is -2.24. The summed E-state index contributed by atoms with van der Waals surface area (Å²) in [5.74, 6) is 0. The molecule has 0 unspecified atom stereocenters. The molecule has 0 amide bonds. The van der Waals surface area contributed by atoms with Crippen molar-refractivity contribution in [3.05, 3.63) is 42.0 Å². The first-order valence-corrected chi connectivity index (χ1v) is 5.96. The Bertz CT molecular complexity index is 371. The number of nitrogens with one attached hydrogen (secondary N) is 1. The third-order valence-corrected chi connectivity index (χ3v) is 3.11. The van der Waals surface area contributed by atoms with Crippen molar-refractivity contribution in [2.75, 3.05) is 25.0 Å². The molecule has 1 N–H and O–H groups in total. The van der Waals surface area contributed by atoms with Crippen LogP contribution in [-0.4, -0.2) is 20.1 Å². The van der Waals surface area contributed by atoms with Crippen molar-refractivity contribution in [1.82, 2.24) is 5.32 Å². The molecule has 0 radical (unpaired) electrons. The van der Waals surface area contributed by atoms with Crippen LogP contribution in [0.4, 0.5) is 5.69 Å². The number of rotatable bonds is 4. The molecule has 0 aromatic heterocycles. The molecule has 0 atom stereocenters. The normalized spacial score (nSPS) is 14.7. The van der Waals surface area contributed by atoms with Gasteiger partial charge in [0, 0.05) is 32.4 Å². The molecule has 0 fully saturated rings. The van der Waals surface area contributed by atoms with Crippen molar-refractivity contribution < 1.29 is 0 Å². The first-order chi connectivity index (χ1) is 7.81. The Morgan fingerprint density at radius 1 is 1.50 bits per heavy atom. The van der Waals surface area contributed by atoms with Gasteiger partial charge in [-0.15, -0.1) is 6.58 Å². The van der Waals surface area contributed by atoms with Crippen LogP contribution in [-0.2, 0) is 13.0 Å². The maximum atomic E-state index is 3.70. The van der Waals surface area contributed by atoms with Crippen molar-refractivity contribution in [3.8, 4) is 0 Å². The second kappa shape index (κ2) is 5.17. The lowest BCUT2D eigenvalue weighted by atomic mass is 9.99. The van der Waals surface area contributed by atoms with E-state index in [1.54, 1.807) is 0 Å². The van der Waals surface area contributed by atoms with E-state index >= 15 is 0 Å². The molecule has 1 aromatic carbocycles. The Morgan fingerprint density at radius 3 is 3.19 bits per heavy atom. The topological polar surface area (TPSA) is 15.3 Å². The molecule has 1 aliphatic rings. The number of nitrogens with zero attached hydrogens (tertiary/aromatic N) is 1. The fourth-order valence-electron chi connectivity index (χ4n) is 2.27. The van der Waals surface area contributed by atoms with Gasteiger partial charge in [-0.2, -0.15) is 0 Å². The SMILES string of the molecule is C=CCNCc1ccc2c(c1)CCCN2C. The van der Waals surface area contributed by atoms with Crippen LogP contribution in [0.2, 0.25) is 0 Å². The quantitative estimate of drug-likeness (QED) is 0.614. The van der Waals surface area contributed by atoms with E-state index in [-0.39, 0.29) is 0 Å². The van der Waals surface area contributed by atoms with Gasteiger partial charge in [-0.25, -0.2) is 0 Å². The van der Waals surface area contributed by atoms with Crippen LogP contribution < -0.4 is 10.2 Å². The fourth-order valence-corrected chi connectivity index (χ4v) is 2.27. The first-order valence-electron chi connectivity index (χ1n) is 5.96. The molecular weight excluding hydrogens is 196 g/mol. The van der Waals surface area contributed by atoms with Crippen molar-refractivity contribution >= 4 is 5.69 Å². The molecule has 0 aliphatic carbocycles. The Balaban J connectivity index is 2.09. The van der Waals surface area contributed by atoms with E-state index in [0.29, 0.717) is 0 Å². The van der Waals surface area contributed by atoms with Gasteiger partial charge in [0.15, 0.2) is 0 Å². The van der Waals surface area contributed by atoms with Crippen LogP contribution in [0.1, 0.15) is 17.5 Å². The summed E-state index contributed by atoms with van der Waals surface area (Å²) < 4.78 is 0. The zero-order valence-electron chi connectivity index (χ0n) is 10.00. The predicted octanol–water partition coefficient (Wildman–Crippen LogP) is 2.34. The molecule has 16 heavy (non-hydrogen) atoms. The third kappa shape index (κ3) is 2.45. The smallest absolute Gasteiger partial charge is 0.0396 e. The van der Waals surface area contributed by atoms with E-state index in [2.05, 4.69) is 42.0 Å². The van der Waals surface area contributed by atoms with Gasteiger partial charge in [-0.3, -0.25) is 0 Å². The van der Waals surface area contributed by atoms with Crippen molar-refractivity contribution in [3.63, 3.8) is 0 Å².